The second-order valence-electron chi connectivity index (χ2n) is 4.47. The third kappa shape index (κ3) is 2.92. The summed E-state index contributed by atoms with van der Waals surface area (Å²) in [5.74, 6) is 0. The number of benzene rings is 1. The Bertz CT molecular complexity index is 477. The fourth-order valence-electron chi connectivity index (χ4n) is 1.59. The highest BCUT2D eigenvalue weighted by atomic mass is 35.5. The van der Waals surface area contributed by atoms with Gasteiger partial charge in [-0.2, -0.15) is 0 Å². The number of hydrogen-bond acceptors (Lipinski definition) is 1. The van der Waals surface area contributed by atoms with Gasteiger partial charge < -0.3 is 5.32 Å². The van der Waals surface area contributed by atoms with Crippen molar-refractivity contribution < 1.29 is 0 Å². The van der Waals surface area contributed by atoms with Crippen LogP contribution in [0, 0.1) is 0 Å². The molecule has 2 rings (SSSR count). The summed E-state index contributed by atoms with van der Waals surface area (Å²) in [5, 5.41) is 5.05. The molecule has 0 aromatic heterocycles. The zero-order valence-corrected chi connectivity index (χ0v) is 11.8. The van der Waals surface area contributed by atoms with Crippen LogP contribution in [0.2, 0.25) is 10.0 Å². The predicted octanol–water partition coefficient (Wildman–Crippen LogP) is 3.98. The summed E-state index contributed by atoms with van der Waals surface area (Å²) in [5.41, 5.74) is 0.724. The van der Waals surface area contributed by atoms with Crippen LogP contribution in [0.15, 0.2) is 30.5 Å². The van der Waals surface area contributed by atoms with Gasteiger partial charge in [-0.15, -0.1) is 0 Å². The lowest BCUT2D eigenvalue weighted by atomic mass is 10.0. The van der Waals surface area contributed by atoms with E-state index in [9.17, 15) is 0 Å². The smallest absolute Gasteiger partial charge is 0.178 e. The molecule has 1 aromatic rings. The molecule has 0 fully saturated rings. The lowest BCUT2D eigenvalue weighted by Crippen LogP contribution is -2.51. The molecular weight excluding hydrogens is 275 g/mol. The number of nitrogens with one attached hydrogen (secondary N) is 1. The second-order valence-corrected chi connectivity index (χ2v) is 5.72. The molecule has 90 valence electrons. The van der Waals surface area contributed by atoms with Crippen LogP contribution >= 0.6 is 35.4 Å². The highest BCUT2D eigenvalue weighted by molar-refractivity contribution is 7.80. The van der Waals surface area contributed by atoms with Crippen molar-refractivity contribution in [3.63, 3.8) is 0 Å². The summed E-state index contributed by atoms with van der Waals surface area (Å²) in [6, 6.07) is 5.34. The van der Waals surface area contributed by atoms with Crippen LogP contribution in [0.25, 0.3) is 0 Å². The zero-order valence-electron chi connectivity index (χ0n) is 9.50. The van der Waals surface area contributed by atoms with Crippen molar-refractivity contribution in [2.45, 2.75) is 19.4 Å². The average molecular weight is 287 g/mol. The molecule has 0 unspecified atom stereocenters. The highest BCUT2D eigenvalue weighted by Crippen LogP contribution is 2.27. The van der Waals surface area contributed by atoms with E-state index >= 15 is 0 Å². The van der Waals surface area contributed by atoms with Gasteiger partial charge in [-0.1, -0.05) is 23.2 Å². The predicted molar refractivity (Wildman–Crippen MR) is 77.9 cm³/mol. The van der Waals surface area contributed by atoms with Gasteiger partial charge in [0.05, 0.1) is 11.2 Å². The first kappa shape index (κ1) is 12.7. The maximum Gasteiger partial charge on any atom is 0.178 e. The minimum atomic E-state index is -0.129. The quantitative estimate of drug-likeness (QED) is 0.786. The van der Waals surface area contributed by atoms with Gasteiger partial charge in [0.1, 0.15) is 0 Å². The Balaban J connectivity index is 2.38. The van der Waals surface area contributed by atoms with Crippen molar-refractivity contribution in [3.8, 4) is 0 Å². The van der Waals surface area contributed by atoms with Gasteiger partial charge in [-0.05, 0) is 50.3 Å². The first-order valence-corrected chi connectivity index (χ1v) is 6.31. The SMILES string of the molecule is CC1(C)C=CN(c2cc(Cl)cc(Cl)c2)C(=S)N1. The van der Waals surface area contributed by atoms with Crippen molar-refractivity contribution in [3.05, 3.63) is 40.5 Å². The van der Waals surface area contributed by atoms with Gasteiger partial charge in [-0.3, -0.25) is 4.90 Å². The number of halogens is 2. The third-order valence-corrected chi connectivity index (χ3v) is 3.15. The molecule has 2 nitrogen and oxygen atoms in total. The molecule has 1 heterocycles. The summed E-state index contributed by atoms with van der Waals surface area (Å²) in [6.45, 7) is 4.11. The molecule has 1 aliphatic rings. The van der Waals surface area contributed by atoms with Crippen molar-refractivity contribution in [1.29, 1.82) is 0 Å². The van der Waals surface area contributed by atoms with Crippen molar-refractivity contribution in [1.82, 2.24) is 5.32 Å². The van der Waals surface area contributed by atoms with E-state index in [1.807, 2.05) is 29.3 Å². The van der Waals surface area contributed by atoms with Crippen molar-refractivity contribution in [2.75, 3.05) is 4.90 Å². The molecule has 0 bridgehead atoms. The molecule has 0 spiro atoms. The third-order valence-electron chi connectivity index (χ3n) is 2.41. The standard InChI is InChI=1S/C12H12Cl2N2S/c1-12(2)3-4-16(11(17)15-12)10-6-8(13)5-9(14)7-10/h3-7H,1-2H3,(H,15,17). The lowest BCUT2D eigenvalue weighted by Gasteiger charge is -2.34. The molecule has 1 aliphatic heterocycles. The fraction of sp³-hybridized carbons (Fsp3) is 0.250. The number of rotatable bonds is 1. The number of nitrogens with zero attached hydrogens (tertiary/aromatic N) is 1. The monoisotopic (exact) mass is 286 g/mol. The topological polar surface area (TPSA) is 15.3 Å². The summed E-state index contributed by atoms with van der Waals surface area (Å²) in [7, 11) is 0. The fourth-order valence-corrected chi connectivity index (χ4v) is 2.53. The number of thiocarbonyl (C=S) groups is 1. The van der Waals surface area contributed by atoms with E-state index in [4.69, 9.17) is 35.4 Å². The molecule has 0 saturated carbocycles. The Kier molecular flexibility index (Phi) is 3.34. The molecule has 0 aliphatic carbocycles. The van der Waals surface area contributed by atoms with Crippen LogP contribution in [-0.2, 0) is 0 Å². The van der Waals surface area contributed by atoms with Crippen molar-refractivity contribution >= 4 is 46.2 Å². The van der Waals surface area contributed by atoms with Crippen LogP contribution in [0.3, 0.4) is 0 Å². The Labute approximate surface area is 116 Å². The highest BCUT2D eigenvalue weighted by Gasteiger charge is 2.23. The van der Waals surface area contributed by atoms with E-state index in [1.54, 1.807) is 6.07 Å². The van der Waals surface area contributed by atoms with Gasteiger partial charge >= 0.3 is 0 Å². The Hall–Kier alpha value is -0.770. The first-order chi connectivity index (χ1) is 7.87. The van der Waals surface area contributed by atoms with Gasteiger partial charge in [0.15, 0.2) is 5.11 Å². The zero-order chi connectivity index (χ0) is 12.6. The van der Waals surface area contributed by atoms with Crippen molar-refractivity contribution in [2.24, 2.45) is 0 Å². The summed E-state index contributed by atoms with van der Waals surface area (Å²) >= 11 is 17.3. The second kappa shape index (κ2) is 4.48. The molecular formula is C12H12Cl2N2S. The van der Waals surface area contributed by atoms with E-state index in [0.29, 0.717) is 15.2 Å². The van der Waals surface area contributed by atoms with E-state index in [1.165, 1.54) is 0 Å². The first-order valence-electron chi connectivity index (χ1n) is 5.14. The van der Waals surface area contributed by atoms with E-state index in [0.717, 1.165) is 5.69 Å². The summed E-state index contributed by atoms with van der Waals surface area (Å²) < 4.78 is 0. The van der Waals surface area contributed by atoms with Gasteiger partial charge in [0.25, 0.3) is 0 Å². The minimum Gasteiger partial charge on any atom is -0.354 e. The normalized spacial score (nSPS) is 18.1. The van der Waals surface area contributed by atoms with Crippen LogP contribution < -0.4 is 10.2 Å². The van der Waals surface area contributed by atoms with Crippen LogP contribution in [0.1, 0.15) is 13.8 Å². The number of anilines is 1. The Morgan fingerprint density at radius 3 is 2.29 bits per heavy atom. The largest absolute Gasteiger partial charge is 0.354 e. The van der Waals surface area contributed by atoms with E-state index in [-0.39, 0.29) is 5.54 Å². The maximum atomic E-state index is 5.97. The summed E-state index contributed by atoms with van der Waals surface area (Å²) in [4.78, 5) is 1.85. The Morgan fingerprint density at radius 2 is 1.76 bits per heavy atom. The van der Waals surface area contributed by atoms with Crippen LogP contribution in [0.4, 0.5) is 5.69 Å². The minimum absolute atomic E-state index is 0.129. The molecule has 1 N–H and O–H groups in total. The molecule has 17 heavy (non-hydrogen) atoms. The number of hydrogen-bond donors (Lipinski definition) is 1. The molecule has 0 amide bonds. The maximum absolute atomic E-state index is 5.97. The van der Waals surface area contributed by atoms with E-state index in [2.05, 4.69) is 19.2 Å². The van der Waals surface area contributed by atoms with Gasteiger partial charge in [0.2, 0.25) is 0 Å². The molecule has 0 radical (unpaired) electrons. The lowest BCUT2D eigenvalue weighted by molar-refractivity contribution is 0.566. The van der Waals surface area contributed by atoms with E-state index < -0.39 is 0 Å². The molecule has 1 aromatic carbocycles. The molecule has 0 atom stereocenters. The van der Waals surface area contributed by atoms with Crippen LogP contribution in [-0.4, -0.2) is 10.7 Å². The molecule has 0 saturated heterocycles. The van der Waals surface area contributed by atoms with Crippen LogP contribution in [0.5, 0.6) is 0 Å². The molecule has 5 heteroatoms. The van der Waals surface area contributed by atoms with Gasteiger partial charge in [-0.25, -0.2) is 0 Å². The Morgan fingerprint density at radius 1 is 1.18 bits per heavy atom. The average Bonchev–Trinajstić information content (AvgIpc) is 2.13. The summed E-state index contributed by atoms with van der Waals surface area (Å²) in [6.07, 6.45) is 3.97. The van der Waals surface area contributed by atoms with Gasteiger partial charge in [0, 0.05) is 16.2 Å².